The second-order valence-corrected chi connectivity index (χ2v) is 8.42. The third kappa shape index (κ3) is 4.86. The highest BCUT2D eigenvalue weighted by molar-refractivity contribution is 7.89. The molecule has 0 aliphatic heterocycles. The minimum absolute atomic E-state index is 0.0475. The fourth-order valence-corrected chi connectivity index (χ4v) is 4.30. The van der Waals surface area contributed by atoms with Crippen LogP contribution in [0.5, 0.6) is 0 Å². The van der Waals surface area contributed by atoms with Gasteiger partial charge in [-0.2, -0.15) is 0 Å². The van der Waals surface area contributed by atoms with Crippen LogP contribution in [0.1, 0.15) is 14.8 Å². The molecular weight excluding hydrogens is 415 g/mol. The van der Waals surface area contributed by atoms with Gasteiger partial charge in [0, 0.05) is 5.69 Å². The van der Waals surface area contributed by atoms with Crippen LogP contribution < -0.4 is 10.0 Å². The van der Waals surface area contributed by atoms with Crippen LogP contribution in [0, 0.1) is 5.82 Å². The number of hydrogen-bond donors (Lipinski definition) is 2. The van der Waals surface area contributed by atoms with E-state index in [0.29, 0.717) is 10.7 Å². The summed E-state index contributed by atoms with van der Waals surface area (Å²) in [4.78, 5) is 12.1. The molecule has 1 amide bonds. The number of benzene rings is 2. The van der Waals surface area contributed by atoms with Gasteiger partial charge in [-0.15, -0.1) is 10.2 Å². The molecule has 0 saturated heterocycles. The van der Waals surface area contributed by atoms with E-state index in [4.69, 9.17) is 11.6 Å². The van der Waals surface area contributed by atoms with Crippen LogP contribution >= 0.6 is 22.9 Å². The summed E-state index contributed by atoms with van der Waals surface area (Å²) < 4.78 is 39.8. The number of rotatable bonds is 6. The van der Waals surface area contributed by atoms with Crippen LogP contribution in [-0.4, -0.2) is 24.5 Å². The topological polar surface area (TPSA) is 101 Å². The highest BCUT2D eigenvalue weighted by Crippen LogP contribution is 2.21. The van der Waals surface area contributed by atoms with Crippen molar-refractivity contribution in [2.24, 2.45) is 0 Å². The largest absolute Gasteiger partial charge is 0.320 e. The summed E-state index contributed by atoms with van der Waals surface area (Å²) in [6, 6.07) is 11.3. The first kappa shape index (κ1) is 19.4. The molecule has 3 rings (SSSR count). The predicted molar refractivity (Wildman–Crippen MR) is 99.7 cm³/mol. The number of carbonyl (C=O) groups is 1. The molecule has 0 aliphatic carbocycles. The third-order valence-corrected chi connectivity index (χ3v) is 6.13. The molecule has 7 nitrogen and oxygen atoms in total. The summed E-state index contributed by atoms with van der Waals surface area (Å²) in [6.45, 7) is -0.144. The van der Waals surface area contributed by atoms with E-state index < -0.39 is 21.7 Å². The molecule has 1 heterocycles. The van der Waals surface area contributed by atoms with Crippen molar-refractivity contribution in [1.29, 1.82) is 0 Å². The lowest BCUT2D eigenvalue weighted by atomic mass is 10.3. The van der Waals surface area contributed by atoms with Crippen molar-refractivity contribution < 1.29 is 17.6 Å². The van der Waals surface area contributed by atoms with E-state index in [-0.39, 0.29) is 21.5 Å². The van der Waals surface area contributed by atoms with Crippen LogP contribution in [0.15, 0.2) is 53.4 Å². The van der Waals surface area contributed by atoms with E-state index in [2.05, 4.69) is 20.2 Å². The van der Waals surface area contributed by atoms with Crippen molar-refractivity contribution >= 4 is 44.6 Å². The van der Waals surface area contributed by atoms with Crippen LogP contribution in [0.4, 0.5) is 10.1 Å². The summed E-state index contributed by atoms with van der Waals surface area (Å²) in [5.41, 5.74) is 0.401. The standard InChI is InChI=1S/C16H12ClFN4O3S2/c17-12-3-1-2-4-13(12)27(24,25)19-9-14-21-22-16(26-14)15(23)20-11-7-5-10(18)6-8-11/h1-8,19H,9H2,(H,20,23). The molecule has 0 aliphatic rings. The van der Waals surface area contributed by atoms with Crippen molar-refractivity contribution in [3.63, 3.8) is 0 Å². The average molecular weight is 427 g/mol. The van der Waals surface area contributed by atoms with Crippen LogP contribution in [0.3, 0.4) is 0 Å². The van der Waals surface area contributed by atoms with Gasteiger partial charge in [0.1, 0.15) is 15.7 Å². The summed E-state index contributed by atoms with van der Waals surface area (Å²) in [7, 11) is -3.83. The van der Waals surface area contributed by atoms with Crippen LogP contribution in [0.25, 0.3) is 0 Å². The molecule has 0 fully saturated rings. The van der Waals surface area contributed by atoms with Crippen molar-refractivity contribution in [3.8, 4) is 0 Å². The quantitative estimate of drug-likeness (QED) is 0.630. The zero-order valence-electron chi connectivity index (χ0n) is 13.5. The first-order chi connectivity index (χ1) is 12.8. The molecule has 0 saturated carbocycles. The number of aromatic nitrogens is 2. The van der Waals surface area contributed by atoms with E-state index in [1.54, 1.807) is 12.1 Å². The molecule has 0 radical (unpaired) electrons. The number of nitrogens with zero attached hydrogens (tertiary/aromatic N) is 2. The maximum Gasteiger partial charge on any atom is 0.286 e. The van der Waals surface area contributed by atoms with Gasteiger partial charge in [-0.1, -0.05) is 35.1 Å². The number of sulfonamides is 1. The molecule has 2 N–H and O–H groups in total. The lowest BCUT2D eigenvalue weighted by Gasteiger charge is -2.06. The van der Waals surface area contributed by atoms with Crippen LogP contribution in [0.2, 0.25) is 5.02 Å². The lowest BCUT2D eigenvalue weighted by molar-refractivity contribution is 0.102. The van der Waals surface area contributed by atoms with E-state index in [0.717, 1.165) is 11.3 Å². The Kier molecular flexibility index (Phi) is 5.80. The zero-order valence-corrected chi connectivity index (χ0v) is 15.9. The number of anilines is 1. The molecule has 0 unspecified atom stereocenters. The van der Waals surface area contributed by atoms with Crippen LogP contribution in [-0.2, 0) is 16.6 Å². The molecule has 0 spiro atoms. The van der Waals surface area contributed by atoms with Gasteiger partial charge in [0.2, 0.25) is 15.0 Å². The van der Waals surface area contributed by atoms with Gasteiger partial charge in [-0.3, -0.25) is 4.79 Å². The molecule has 0 bridgehead atoms. The van der Waals surface area contributed by atoms with E-state index in [1.165, 1.54) is 36.4 Å². The minimum Gasteiger partial charge on any atom is -0.320 e. The van der Waals surface area contributed by atoms with Gasteiger partial charge in [-0.25, -0.2) is 17.5 Å². The summed E-state index contributed by atoms with van der Waals surface area (Å²) >= 11 is 6.84. The first-order valence-electron chi connectivity index (χ1n) is 7.48. The SMILES string of the molecule is O=C(Nc1ccc(F)cc1)c1nnc(CNS(=O)(=O)c2ccccc2Cl)s1. The number of carbonyl (C=O) groups excluding carboxylic acids is 1. The predicted octanol–water partition coefficient (Wildman–Crippen LogP) is 3.06. The van der Waals surface area contributed by atoms with Gasteiger partial charge in [0.05, 0.1) is 11.6 Å². The Labute approximate surface area is 163 Å². The normalized spacial score (nSPS) is 11.3. The number of hydrogen-bond acceptors (Lipinski definition) is 6. The summed E-state index contributed by atoms with van der Waals surface area (Å²) in [6.07, 6.45) is 0. The Morgan fingerprint density at radius 2 is 1.81 bits per heavy atom. The Hall–Kier alpha value is -2.40. The van der Waals surface area contributed by atoms with E-state index in [1.807, 2.05) is 0 Å². The molecule has 11 heteroatoms. The average Bonchev–Trinajstić information content (AvgIpc) is 3.11. The highest BCUT2D eigenvalue weighted by atomic mass is 35.5. The maximum absolute atomic E-state index is 12.9. The monoisotopic (exact) mass is 426 g/mol. The maximum atomic E-state index is 12.9. The fourth-order valence-electron chi connectivity index (χ4n) is 2.03. The molecule has 3 aromatic rings. The summed E-state index contributed by atoms with van der Waals surface area (Å²) in [5.74, 6) is -0.948. The highest BCUT2D eigenvalue weighted by Gasteiger charge is 2.19. The smallest absolute Gasteiger partial charge is 0.286 e. The number of amides is 1. The molecule has 27 heavy (non-hydrogen) atoms. The van der Waals surface area contributed by atoms with Crippen molar-refractivity contribution in [3.05, 3.63) is 69.4 Å². The van der Waals surface area contributed by atoms with Gasteiger partial charge in [0.15, 0.2) is 0 Å². The third-order valence-electron chi connectivity index (χ3n) is 3.30. The van der Waals surface area contributed by atoms with Crippen molar-refractivity contribution in [1.82, 2.24) is 14.9 Å². The van der Waals surface area contributed by atoms with Crippen molar-refractivity contribution in [2.45, 2.75) is 11.4 Å². The molecule has 1 aromatic heterocycles. The molecular formula is C16H12ClFN4O3S2. The number of halogens is 2. The van der Waals surface area contributed by atoms with Gasteiger partial charge in [0.25, 0.3) is 5.91 Å². The fraction of sp³-hybridized carbons (Fsp3) is 0.0625. The number of nitrogens with one attached hydrogen (secondary N) is 2. The summed E-state index contributed by atoms with van der Waals surface area (Å²) in [5, 5.41) is 10.5. The van der Waals surface area contributed by atoms with E-state index in [9.17, 15) is 17.6 Å². The Balaban J connectivity index is 1.65. The minimum atomic E-state index is -3.83. The van der Waals surface area contributed by atoms with Crippen molar-refractivity contribution in [2.75, 3.05) is 5.32 Å². The second kappa shape index (κ2) is 8.09. The Bertz CT molecular complexity index is 1070. The lowest BCUT2D eigenvalue weighted by Crippen LogP contribution is -2.23. The zero-order chi connectivity index (χ0) is 19.4. The Morgan fingerprint density at radius 1 is 1.11 bits per heavy atom. The first-order valence-corrected chi connectivity index (χ1v) is 10.2. The Morgan fingerprint density at radius 3 is 2.52 bits per heavy atom. The van der Waals surface area contributed by atoms with Gasteiger partial charge < -0.3 is 5.32 Å². The van der Waals surface area contributed by atoms with Gasteiger partial charge in [-0.05, 0) is 36.4 Å². The van der Waals surface area contributed by atoms with Gasteiger partial charge >= 0.3 is 0 Å². The molecule has 0 atom stereocenters. The molecule has 140 valence electrons. The van der Waals surface area contributed by atoms with E-state index >= 15 is 0 Å². The second-order valence-electron chi connectivity index (χ2n) is 5.22. The molecule has 2 aromatic carbocycles.